The Hall–Kier alpha value is -1.16. The second-order valence-electron chi connectivity index (χ2n) is 5.39. The zero-order chi connectivity index (χ0) is 12.0. The minimum absolute atomic E-state index is 0.646. The Kier molecular flexibility index (Phi) is 2.54. The van der Waals surface area contributed by atoms with Gasteiger partial charge in [-0.05, 0) is 33.3 Å². The first-order chi connectivity index (χ1) is 8.16. The fraction of sp³-hybridized carbons (Fsp3) is 0.692. The lowest BCUT2D eigenvalue weighted by Crippen LogP contribution is -2.49. The molecule has 2 aliphatic rings. The molecule has 17 heavy (non-hydrogen) atoms. The van der Waals surface area contributed by atoms with Crippen LogP contribution in [0.2, 0.25) is 0 Å². The van der Waals surface area contributed by atoms with Crippen molar-refractivity contribution in [3.05, 3.63) is 18.0 Å². The molecule has 0 amide bonds. The molecule has 4 nitrogen and oxygen atoms in total. The van der Waals surface area contributed by atoms with Crippen LogP contribution in [0.15, 0.2) is 12.3 Å². The maximum Gasteiger partial charge on any atom is 0.225 e. The summed E-state index contributed by atoms with van der Waals surface area (Å²) in [6, 6.07) is 3.99. The molecule has 0 radical (unpaired) electrons. The van der Waals surface area contributed by atoms with Crippen LogP contribution < -0.4 is 4.90 Å². The third kappa shape index (κ3) is 1.90. The molecule has 0 spiro atoms. The first kappa shape index (κ1) is 11.0. The monoisotopic (exact) mass is 232 g/mol. The van der Waals surface area contributed by atoms with Gasteiger partial charge in [-0.3, -0.25) is 4.90 Å². The normalized spacial score (nSPS) is 28.4. The molecule has 0 aromatic carbocycles. The summed E-state index contributed by atoms with van der Waals surface area (Å²) < 4.78 is 0. The number of fused-ring (bicyclic) bond motifs is 1. The molecule has 2 unspecified atom stereocenters. The van der Waals surface area contributed by atoms with Crippen molar-refractivity contribution >= 4 is 5.95 Å². The molecule has 1 aromatic rings. The van der Waals surface area contributed by atoms with E-state index in [1.807, 2.05) is 19.2 Å². The van der Waals surface area contributed by atoms with E-state index in [-0.39, 0.29) is 0 Å². The summed E-state index contributed by atoms with van der Waals surface area (Å²) in [5, 5.41) is 0. The summed E-state index contributed by atoms with van der Waals surface area (Å²) in [5.41, 5.74) is 1.05. The van der Waals surface area contributed by atoms with E-state index in [0.717, 1.165) is 30.8 Å². The Morgan fingerprint density at radius 1 is 1.29 bits per heavy atom. The standard InChI is InChI=1S/C13H20N4/c1-9(2)16-6-7-17(12-8-11(12)16)13-14-5-4-10(3)15-13/h4-5,9,11-12H,6-8H2,1-3H3. The van der Waals surface area contributed by atoms with Gasteiger partial charge in [0.25, 0.3) is 0 Å². The predicted octanol–water partition coefficient (Wildman–Crippen LogP) is 1.46. The van der Waals surface area contributed by atoms with Crippen LogP contribution in [0, 0.1) is 6.92 Å². The van der Waals surface area contributed by atoms with Gasteiger partial charge in [-0.25, -0.2) is 9.97 Å². The molecule has 1 saturated heterocycles. The molecule has 1 aliphatic carbocycles. The maximum absolute atomic E-state index is 4.54. The third-order valence-corrected chi connectivity index (χ3v) is 3.85. The highest BCUT2D eigenvalue weighted by atomic mass is 15.4. The maximum atomic E-state index is 4.54. The van der Waals surface area contributed by atoms with Gasteiger partial charge in [-0.1, -0.05) is 0 Å². The Morgan fingerprint density at radius 3 is 2.82 bits per heavy atom. The molecule has 2 fully saturated rings. The fourth-order valence-electron chi connectivity index (χ4n) is 2.88. The number of anilines is 1. The molecular weight excluding hydrogens is 212 g/mol. The quantitative estimate of drug-likeness (QED) is 0.772. The predicted molar refractivity (Wildman–Crippen MR) is 68.2 cm³/mol. The Morgan fingerprint density at radius 2 is 2.12 bits per heavy atom. The first-order valence-electron chi connectivity index (χ1n) is 6.49. The zero-order valence-corrected chi connectivity index (χ0v) is 10.8. The molecule has 2 heterocycles. The highest BCUT2D eigenvalue weighted by molar-refractivity contribution is 5.38. The highest BCUT2D eigenvalue weighted by Crippen LogP contribution is 2.39. The van der Waals surface area contributed by atoms with E-state index in [4.69, 9.17) is 0 Å². The van der Waals surface area contributed by atoms with Crippen molar-refractivity contribution in [3.63, 3.8) is 0 Å². The van der Waals surface area contributed by atoms with E-state index in [1.54, 1.807) is 0 Å². The molecule has 0 N–H and O–H groups in total. The molecule has 4 heteroatoms. The second-order valence-corrected chi connectivity index (χ2v) is 5.39. The van der Waals surface area contributed by atoms with E-state index in [0.29, 0.717) is 12.1 Å². The van der Waals surface area contributed by atoms with Crippen LogP contribution in [0.3, 0.4) is 0 Å². The summed E-state index contributed by atoms with van der Waals surface area (Å²) in [6.45, 7) is 8.79. The van der Waals surface area contributed by atoms with Gasteiger partial charge in [0.2, 0.25) is 5.95 Å². The summed E-state index contributed by atoms with van der Waals surface area (Å²) in [6.07, 6.45) is 3.14. The number of aromatic nitrogens is 2. The van der Waals surface area contributed by atoms with Gasteiger partial charge in [0.05, 0.1) is 0 Å². The van der Waals surface area contributed by atoms with Crippen molar-refractivity contribution in [2.45, 2.75) is 45.3 Å². The lowest BCUT2D eigenvalue weighted by atomic mass is 10.2. The van der Waals surface area contributed by atoms with Crippen molar-refractivity contribution in [1.82, 2.24) is 14.9 Å². The average molecular weight is 232 g/mol. The first-order valence-corrected chi connectivity index (χ1v) is 6.49. The van der Waals surface area contributed by atoms with E-state index < -0.39 is 0 Å². The van der Waals surface area contributed by atoms with Crippen LogP contribution >= 0.6 is 0 Å². The van der Waals surface area contributed by atoms with Crippen molar-refractivity contribution in [3.8, 4) is 0 Å². The number of piperazine rings is 1. The van der Waals surface area contributed by atoms with Crippen molar-refractivity contribution in [2.75, 3.05) is 18.0 Å². The Balaban J connectivity index is 1.77. The molecule has 92 valence electrons. The van der Waals surface area contributed by atoms with Gasteiger partial charge in [0.15, 0.2) is 0 Å². The molecule has 3 rings (SSSR count). The molecule has 1 aromatic heterocycles. The van der Waals surface area contributed by atoms with Crippen LogP contribution in [0.4, 0.5) is 5.95 Å². The minimum atomic E-state index is 0.646. The zero-order valence-electron chi connectivity index (χ0n) is 10.8. The van der Waals surface area contributed by atoms with Gasteiger partial charge in [-0.15, -0.1) is 0 Å². The lowest BCUT2D eigenvalue weighted by molar-refractivity contribution is 0.194. The number of hydrogen-bond donors (Lipinski definition) is 0. The van der Waals surface area contributed by atoms with Gasteiger partial charge in [0, 0.05) is 43.1 Å². The average Bonchev–Trinajstić information content (AvgIpc) is 3.06. The molecule has 2 atom stereocenters. The number of aryl methyl sites for hydroxylation is 1. The Bertz CT molecular complexity index is 418. The van der Waals surface area contributed by atoms with Gasteiger partial charge < -0.3 is 4.90 Å². The fourth-order valence-corrected chi connectivity index (χ4v) is 2.88. The lowest BCUT2D eigenvalue weighted by Gasteiger charge is -2.36. The smallest absolute Gasteiger partial charge is 0.225 e. The summed E-state index contributed by atoms with van der Waals surface area (Å²) in [7, 11) is 0. The largest absolute Gasteiger partial charge is 0.335 e. The molecule has 1 aliphatic heterocycles. The van der Waals surface area contributed by atoms with Gasteiger partial charge in [-0.2, -0.15) is 0 Å². The number of hydrogen-bond acceptors (Lipinski definition) is 4. The van der Waals surface area contributed by atoms with Crippen molar-refractivity contribution in [2.24, 2.45) is 0 Å². The summed E-state index contributed by atoms with van der Waals surface area (Å²) >= 11 is 0. The van der Waals surface area contributed by atoms with Crippen LogP contribution in [0.25, 0.3) is 0 Å². The minimum Gasteiger partial charge on any atom is -0.335 e. The molecular formula is C13H20N4. The van der Waals surface area contributed by atoms with E-state index in [1.165, 1.54) is 6.42 Å². The van der Waals surface area contributed by atoms with Crippen LogP contribution in [-0.4, -0.2) is 46.1 Å². The third-order valence-electron chi connectivity index (χ3n) is 3.85. The van der Waals surface area contributed by atoms with E-state index in [9.17, 15) is 0 Å². The van der Waals surface area contributed by atoms with Crippen molar-refractivity contribution < 1.29 is 0 Å². The summed E-state index contributed by atoms with van der Waals surface area (Å²) in [5.74, 6) is 0.918. The van der Waals surface area contributed by atoms with E-state index in [2.05, 4.69) is 33.6 Å². The SMILES string of the molecule is Cc1ccnc(N2CCN(C(C)C)C3CC32)n1. The van der Waals surface area contributed by atoms with Gasteiger partial charge in [0.1, 0.15) is 0 Å². The van der Waals surface area contributed by atoms with E-state index >= 15 is 0 Å². The molecule has 0 bridgehead atoms. The highest BCUT2D eigenvalue weighted by Gasteiger charge is 2.50. The summed E-state index contributed by atoms with van der Waals surface area (Å²) in [4.78, 5) is 13.9. The van der Waals surface area contributed by atoms with Crippen LogP contribution in [0.5, 0.6) is 0 Å². The number of nitrogens with zero attached hydrogens (tertiary/aromatic N) is 4. The Labute approximate surface area is 103 Å². The van der Waals surface area contributed by atoms with Crippen molar-refractivity contribution in [1.29, 1.82) is 0 Å². The van der Waals surface area contributed by atoms with Crippen LogP contribution in [0.1, 0.15) is 26.0 Å². The topological polar surface area (TPSA) is 32.3 Å². The van der Waals surface area contributed by atoms with Gasteiger partial charge >= 0.3 is 0 Å². The number of rotatable bonds is 2. The second kappa shape index (κ2) is 3.95. The molecule has 1 saturated carbocycles. The van der Waals surface area contributed by atoms with Crippen LogP contribution in [-0.2, 0) is 0 Å².